The summed E-state index contributed by atoms with van der Waals surface area (Å²) in [4.78, 5) is -0.236. The first-order chi connectivity index (χ1) is 8.90. The van der Waals surface area contributed by atoms with Gasteiger partial charge in [0.2, 0.25) is 10.0 Å². The molecule has 1 aromatic carbocycles. The molecule has 7 heteroatoms. The predicted octanol–water partition coefficient (Wildman–Crippen LogP) is 0.879. The summed E-state index contributed by atoms with van der Waals surface area (Å²) in [5.74, 6) is -0.673. The third-order valence-corrected chi connectivity index (χ3v) is 4.07. The number of methoxy groups -OCH3 is 1. The van der Waals surface area contributed by atoms with Crippen LogP contribution in [0.4, 0.5) is 4.39 Å². The van der Waals surface area contributed by atoms with Crippen LogP contribution in [-0.4, -0.2) is 33.8 Å². The van der Waals surface area contributed by atoms with Gasteiger partial charge in [-0.15, -0.1) is 0 Å². The zero-order chi connectivity index (χ0) is 14.5. The first kappa shape index (κ1) is 16.0. The zero-order valence-corrected chi connectivity index (χ0v) is 11.7. The van der Waals surface area contributed by atoms with Crippen molar-refractivity contribution in [1.29, 1.82) is 0 Å². The number of sulfonamides is 1. The molecule has 0 aliphatic carbocycles. The Hall–Kier alpha value is -1.02. The lowest BCUT2D eigenvalue weighted by molar-refractivity contribution is 0.161. The highest BCUT2D eigenvalue weighted by atomic mass is 32.2. The second kappa shape index (κ2) is 6.95. The minimum Gasteiger partial charge on any atom is -0.392 e. The average molecular weight is 291 g/mol. The molecule has 0 saturated heterocycles. The van der Waals surface area contributed by atoms with E-state index in [1.54, 1.807) is 0 Å². The number of rotatable bonds is 7. The van der Waals surface area contributed by atoms with E-state index in [0.29, 0.717) is 6.61 Å². The Morgan fingerprint density at radius 2 is 2.16 bits per heavy atom. The number of nitrogens with one attached hydrogen (secondary N) is 1. The molecule has 19 heavy (non-hydrogen) atoms. The van der Waals surface area contributed by atoms with Gasteiger partial charge in [-0.3, -0.25) is 0 Å². The van der Waals surface area contributed by atoms with E-state index in [9.17, 15) is 12.8 Å². The largest absolute Gasteiger partial charge is 0.392 e. The summed E-state index contributed by atoms with van der Waals surface area (Å²) in [5, 5.41) is 9.10. The normalized spacial score (nSPS) is 13.5. The Kier molecular flexibility index (Phi) is 5.86. The Morgan fingerprint density at radius 1 is 1.47 bits per heavy atom. The molecule has 1 atom stereocenters. The number of aliphatic hydroxyl groups excluding tert-OH is 1. The van der Waals surface area contributed by atoms with Crippen molar-refractivity contribution in [2.45, 2.75) is 18.4 Å². The van der Waals surface area contributed by atoms with Gasteiger partial charge in [0, 0.05) is 20.3 Å². The summed E-state index contributed by atoms with van der Waals surface area (Å²) < 4.78 is 44.5. The SMILES string of the molecule is COCC(C)CNS(=O)(=O)c1cc(F)ccc1CO. The second-order valence-electron chi connectivity index (χ2n) is 4.32. The molecule has 0 aliphatic rings. The van der Waals surface area contributed by atoms with Crippen LogP contribution in [0.3, 0.4) is 0 Å². The van der Waals surface area contributed by atoms with Crippen molar-refractivity contribution in [3.05, 3.63) is 29.6 Å². The van der Waals surface area contributed by atoms with E-state index in [-0.39, 0.29) is 22.9 Å². The molecule has 108 valence electrons. The second-order valence-corrected chi connectivity index (χ2v) is 6.06. The molecule has 0 aliphatic heterocycles. The molecule has 0 aromatic heterocycles. The molecule has 2 N–H and O–H groups in total. The fourth-order valence-electron chi connectivity index (χ4n) is 1.58. The van der Waals surface area contributed by atoms with Gasteiger partial charge in [-0.2, -0.15) is 0 Å². The smallest absolute Gasteiger partial charge is 0.241 e. The third-order valence-electron chi connectivity index (χ3n) is 2.56. The monoisotopic (exact) mass is 291 g/mol. The van der Waals surface area contributed by atoms with Gasteiger partial charge >= 0.3 is 0 Å². The van der Waals surface area contributed by atoms with Crippen molar-refractivity contribution in [2.75, 3.05) is 20.3 Å². The van der Waals surface area contributed by atoms with Gasteiger partial charge < -0.3 is 9.84 Å². The lowest BCUT2D eigenvalue weighted by atomic mass is 10.2. The number of aliphatic hydroxyl groups is 1. The molecule has 5 nitrogen and oxygen atoms in total. The van der Waals surface area contributed by atoms with Crippen LogP contribution < -0.4 is 4.72 Å². The number of hydrogen-bond donors (Lipinski definition) is 2. The summed E-state index contributed by atoms with van der Waals surface area (Å²) in [6.07, 6.45) is 0. The third kappa shape index (κ3) is 4.54. The molecule has 0 amide bonds. The average Bonchev–Trinajstić information content (AvgIpc) is 2.37. The van der Waals surface area contributed by atoms with Crippen LogP contribution in [0.2, 0.25) is 0 Å². The predicted molar refractivity (Wildman–Crippen MR) is 68.6 cm³/mol. The zero-order valence-electron chi connectivity index (χ0n) is 10.9. The fourth-order valence-corrected chi connectivity index (χ4v) is 2.99. The summed E-state index contributed by atoms with van der Waals surface area (Å²) in [7, 11) is -2.32. The summed E-state index contributed by atoms with van der Waals surface area (Å²) >= 11 is 0. The highest BCUT2D eigenvalue weighted by Crippen LogP contribution is 2.17. The molecular weight excluding hydrogens is 273 g/mol. The van der Waals surface area contributed by atoms with Crippen molar-refractivity contribution in [1.82, 2.24) is 4.72 Å². The summed E-state index contributed by atoms with van der Waals surface area (Å²) in [6.45, 7) is 1.95. The van der Waals surface area contributed by atoms with E-state index in [0.717, 1.165) is 12.1 Å². The first-order valence-corrected chi connectivity index (χ1v) is 7.27. The van der Waals surface area contributed by atoms with Crippen LogP contribution in [0.5, 0.6) is 0 Å². The minimum atomic E-state index is -3.84. The van der Waals surface area contributed by atoms with E-state index < -0.39 is 22.4 Å². The van der Waals surface area contributed by atoms with E-state index in [1.807, 2.05) is 6.92 Å². The molecule has 1 unspecified atom stereocenters. The van der Waals surface area contributed by atoms with Crippen molar-refractivity contribution in [2.24, 2.45) is 5.92 Å². The lowest BCUT2D eigenvalue weighted by Gasteiger charge is -2.13. The Balaban J connectivity index is 2.91. The van der Waals surface area contributed by atoms with Crippen LogP contribution in [0, 0.1) is 11.7 Å². The Labute approximate surface area is 112 Å². The van der Waals surface area contributed by atoms with Gasteiger partial charge in [-0.25, -0.2) is 17.5 Å². The Morgan fingerprint density at radius 3 is 2.74 bits per heavy atom. The van der Waals surface area contributed by atoms with Crippen molar-refractivity contribution < 1.29 is 22.7 Å². The minimum absolute atomic E-state index is 0.00842. The van der Waals surface area contributed by atoms with Gasteiger partial charge in [0.05, 0.1) is 11.5 Å². The molecule has 1 aromatic rings. The number of halogens is 1. The van der Waals surface area contributed by atoms with Gasteiger partial charge in [0.1, 0.15) is 5.82 Å². The first-order valence-electron chi connectivity index (χ1n) is 5.78. The van der Waals surface area contributed by atoms with Crippen molar-refractivity contribution in [3.8, 4) is 0 Å². The van der Waals surface area contributed by atoms with E-state index in [4.69, 9.17) is 9.84 Å². The number of hydrogen-bond acceptors (Lipinski definition) is 4. The van der Waals surface area contributed by atoms with Gasteiger partial charge in [0.25, 0.3) is 0 Å². The molecule has 0 heterocycles. The molecule has 0 saturated carbocycles. The van der Waals surface area contributed by atoms with Crippen LogP contribution in [0.15, 0.2) is 23.1 Å². The molecule has 0 bridgehead atoms. The van der Waals surface area contributed by atoms with Gasteiger partial charge in [0.15, 0.2) is 0 Å². The van der Waals surface area contributed by atoms with Crippen LogP contribution >= 0.6 is 0 Å². The Bertz CT molecular complexity index is 518. The fraction of sp³-hybridized carbons (Fsp3) is 0.500. The molecule has 0 spiro atoms. The lowest BCUT2D eigenvalue weighted by Crippen LogP contribution is -2.30. The maximum absolute atomic E-state index is 13.1. The molecule has 0 radical (unpaired) electrons. The van der Waals surface area contributed by atoms with Crippen LogP contribution in [-0.2, 0) is 21.4 Å². The summed E-state index contributed by atoms with van der Waals surface area (Å²) in [6, 6.07) is 3.26. The van der Waals surface area contributed by atoms with Gasteiger partial charge in [-0.05, 0) is 23.6 Å². The van der Waals surface area contributed by atoms with E-state index in [2.05, 4.69) is 4.72 Å². The molecule has 1 rings (SSSR count). The number of ether oxygens (including phenoxy) is 1. The molecule has 0 fully saturated rings. The standard InChI is InChI=1S/C12H18FNO4S/c1-9(8-18-2)6-14-19(16,17)12-5-11(13)4-3-10(12)7-15/h3-5,9,14-15H,6-8H2,1-2H3. The van der Waals surface area contributed by atoms with Crippen molar-refractivity contribution >= 4 is 10.0 Å². The maximum Gasteiger partial charge on any atom is 0.241 e. The number of benzene rings is 1. The van der Waals surface area contributed by atoms with Gasteiger partial charge in [-0.1, -0.05) is 13.0 Å². The van der Waals surface area contributed by atoms with E-state index in [1.165, 1.54) is 13.2 Å². The van der Waals surface area contributed by atoms with Crippen molar-refractivity contribution in [3.63, 3.8) is 0 Å². The quantitative estimate of drug-likeness (QED) is 0.782. The van der Waals surface area contributed by atoms with E-state index >= 15 is 0 Å². The molecular formula is C12H18FNO4S. The highest BCUT2D eigenvalue weighted by molar-refractivity contribution is 7.89. The van der Waals surface area contributed by atoms with Crippen LogP contribution in [0.1, 0.15) is 12.5 Å². The summed E-state index contributed by atoms with van der Waals surface area (Å²) in [5.41, 5.74) is 0.160. The maximum atomic E-state index is 13.1. The van der Waals surface area contributed by atoms with Crippen LogP contribution in [0.25, 0.3) is 0 Å². The highest BCUT2D eigenvalue weighted by Gasteiger charge is 2.19. The topological polar surface area (TPSA) is 75.6 Å².